The smallest absolute Gasteiger partial charge is 0.104 e. The van der Waals surface area contributed by atoms with Crippen molar-refractivity contribution in [2.24, 2.45) is 0 Å². The maximum absolute atomic E-state index is 11.3. The maximum atomic E-state index is 11.3. The first kappa shape index (κ1) is 28.4. The molecular formula is C43H32N4. The lowest BCUT2D eigenvalue weighted by atomic mass is 9.94. The van der Waals surface area contributed by atoms with Gasteiger partial charge in [-0.1, -0.05) is 60.7 Å². The zero-order valence-electron chi connectivity index (χ0n) is 27.1. The number of nitriles is 2. The van der Waals surface area contributed by atoms with Crippen molar-refractivity contribution < 1.29 is 0 Å². The molecule has 224 valence electrons. The van der Waals surface area contributed by atoms with Crippen molar-refractivity contribution in [3.8, 4) is 34.6 Å². The Balaban J connectivity index is 1.60. The van der Waals surface area contributed by atoms with Crippen molar-refractivity contribution in [3.63, 3.8) is 0 Å². The maximum Gasteiger partial charge on any atom is 0.104 e. The first-order valence-electron chi connectivity index (χ1n) is 15.9. The zero-order valence-corrected chi connectivity index (χ0v) is 27.1. The standard InChI is InChI=1S/C43H32N4/c1-25-10-6-14-35-39(25)40-26(2)11-7-15-36(40)46(35)34-21-20-32(31-19-18-30(23-44)22-29(31)5)43(33(34)24-45)47-37-16-8-12-27(3)41(37)42-28(4)13-9-17-38(42)47/h6-22H,1-5H3. The van der Waals surface area contributed by atoms with E-state index in [1.807, 2.05) is 25.1 Å². The second-order valence-electron chi connectivity index (χ2n) is 12.7. The quantitative estimate of drug-likeness (QED) is 0.201. The number of hydrogen-bond acceptors (Lipinski definition) is 2. The summed E-state index contributed by atoms with van der Waals surface area (Å²) in [6, 6.07) is 40.8. The van der Waals surface area contributed by atoms with Crippen LogP contribution in [-0.4, -0.2) is 9.13 Å². The summed E-state index contributed by atoms with van der Waals surface area (Å²) in [7, 11) is 0. The van der Waals surface area contributed by atoms with Crippen LogP contribution in [0.3, 0.4) is 0 Å². The first-order chi connectivity index (χ1) is 22.8. The summed E-state index contributed by atoms with van der Waals surface area (Å²) >= 11 is 0. The summed E-state index contributed by atoms with van der Waals surface area (Å²) < 4.78 is 4.57. The van der Waals surface area contributed by atoms with Crippen LogP contribution in [0.15, 0.2) is 103 Å². The SMILES string of the molecule is Cc1cc(C#N)ccc1-c1ccc(-n2c3cccc(C)c3c3c(C)cccc32)c(C#N)c1-n1c2cccc(C)c2c2c(C)cccc21. The molecule has 0 atom stereocenters. The third kappa shape index (κ3) is 3.99. The van der Waals surface area contributed by atoms with E-state index in [0.29, 0.717) is 11.1 Å². The van der Waals surface area contributed by atoms with Crippen LogP contribution in [-0.2, 0) is 0 Å². The molecule has 0 aliphatic carbocycles. The molecule has 4 nitrogen and oxygen atoms in total. The van der Waals surface area contributed by atoms with Gasteiger partial charge in [0.25, 0.3) is 0 Å². The second-order valence-corrected chi connectivity index (χ2v) is 12.7. The van der Waals surface area contributed by atoms with E-state index in [1.54, 1.807) is 0 Å². The Labute approximate surface area is 274 Å². The number of hydrogen-bond donors (Lipinski definition) is 0. The highest BCUT2D eigenvalue weighted by Gasteiger charge is 2.25. The minimum atomic E-state index is 0.592. The molecule has 0 unspecified atom stereocenters. The zero-order chi connectivity index (χ0) is 32.6. The van der Waals surface area contributed by atoms with Gasteiger partial charge in [0.05, 0.1) is 45.1 Å². The van der Waals surface area contributed by atoms with Crippen molar-refractivity contribution >= 4 is 43.6 Å². The molecule has 0 saturated carbocycles. The fraction of sp³-hybridized carbons (Fsp3) is 0.116. The Bertz CT molecular complexity index is 2580. The van der Waals surface area contributed by atoms with Gasteiger partial charge in [0.15, 0.2) is 0 Å². The Morgan fingerprint density at radius 3 is 1.32 bits per heavy atom. The van der Waals surface area contributed by atoms with Gasteiger partial charge in [-0.2, -0.15) is 10.5 Å². The average molecular weight is 605 g/mol. The molecule has 0 N–H and O–H groups in total. The van der Waals surface area contributed by atoms with E-state index in [1.165, 1.54) is 43.8 Å². The van der Waals surface area contributed by atoms with Gasteiger partial charge < -0.3 is 9.13 Å². The van der Waals surface area contributed by atoms with Crippen LogP contribution in [0, 0.1) is 57.3 Å². The predicted octanol–water partition coefficient (Wildman–Crippen LogP) is 10.8. The number of benzene rings is 6. The molecule has 0 radical (unpaired) electrons. The largest absolute Gasteiger partial charge is 0.308 e. The van der Waals surface area contributed by atoms with Crippen LogP contribution in [0.4, 0.5) is 0 Å². The van der Waals surface area contributed by atoms with Crippen LogP contribution in [0.2, 0.25) is 0 Å². The number of aryl methyl sites for hydroxylation is 5. The fourth-order valence-corrected chi connectivity index (χ4v) is 7.78. The molecule has 0 bridgehead atoms. The van der Waals surface area contributed by atoms with E-state index in [-0.39, 0.29) is 0 Å². The van der Waals surface area contributed by atoms with Crippen LogP contribution in [0.1, 0.15) is 38.9 Å². The lowest BCUT2D eigenvalue weighted by molar-refractivity contribution is 1.12. The van der Waals surface area contributed by atoms with E-state index in [0.717, 1.165) is 50.1 Å². The molecule has 0 aliphatic rings. The predicted molar refractivity (Wildman–Crippen MR) is 194 cm³/mol. The summed E-state index contributed by atoms with van der Waals surface area (Å²) in [6.07, 6.45) is 0. The summed E-state index contributed by atoms with van der Waals surface area (Å²) in [5.74, 6) is 0. The van der Waals surface area contributed by atoms with E-state index < -0.39 is 0 Å². The van der Waals surface area contributed by atoms with Crippen molar-refractivity contribution in [3.05, 3.63) is 142 Å². The highest BCUT2D eigenvalue weighted by molar-refractivity contribution is 6.14. The van der Waals surface area contributed by atoms with Gasteiger partial charge >= 0.3 is 0 Å². The van der Waals surface area contributed by atoms with Crippen molar-refractivity contribution in [1.29, 1.82) is 10.5 Å². The van der Waals surface area contributed by atoms with E-state index in [4.69, 9.17) is 0 Å². The van der Waals surface area contributed by atoms with E-state index >= 15 is 0 Å². The minimum Gasteiger partial charge on any atom is -0.308 e. The molecule has 4 heteroatoms. The molecule has 6 aromatic carbocycles. The number of rotatable bonds is 3. The van der Waals surface area contributed by atoms with Crippen LogP contribution >= 0.6 is 0 Å². The minimum absolute atomic E-state index is 0.592. The summed E-state index contributed by atoms with van der Waals surface area (Å²) in [5, 5.41) is 25.8. The van der Waals surface area contributed by atoms with Gasteiger partial charge in [0.2, 0.25) is 0 Å². The molecule has 47 heavy (non-hydrogen) atoms. The molecule has 0 aliphatic heterocycles. The molecule has 2 aromatic heterocycles. The van der Waals surface area contributed by atoms with Gasteiger partial charge in [0.1, 0.15) is 11.6 Å². The topological polar surface area (TPSA) is 57.4 Å². The molecule has 2 heterocycles. The van der Waals surface area contributed by atoms with Crippen LogP contribution in [0.5, 0.6) is 0 Å². The molecule has 0 amide bonds. The fourth-order valence-electron chi connectivity index (χ4n) is 7.78. The van der Waals surface area contributed by atoms with Crippen molar-refractivity contribution in [1.82, 2.24) is 9.13 Å². The highest BCUT2D eigenvalue weighted by atomic mass is 15.0. The summed E-state index contributed by atoms with van der Waals surface area (Å²) in [6.45, 7) is 10.7. The number of nitrogens with zero attached hydrogens (tertiary/aromatic N) is 4. The molecular weight excluding hydrogens is 573 g/mol. The third-order valence-corrected chi connectivity index (χ3v) is 9.84. The monoisotopic (exact) mass is 604 g/mol. The summed E-state index contributed by atoms with van der Waals surface area (Å²) in [4.78, 5) is 0. The normalized spacial score (nSPS) is 11.5. The van der Waals surface area contributed by atoms with Crippen molar-refractivity contribution in [2.45, 2.75) is 34.6 Å². The van der Waals surface area contributed by atoms with Crippen molar-refractivity contribution in [2.75, 3.05) is 0 Å². The highest BCUT2D eigenvalue weighted by Crippen LogP contribution is 2.44. The Kier molecular flexibility index (Phi) is 6.33. The third-order valence-electron chi connectivity index (χ3n) is 9.84. The Hall–Kier alpha value is -6.10. The van der Waals surface area contributed by atoms with Gasteiger partial charge in [-0.15, -0.1) is 0 Å². The lowest BCUT2D eigenvalue weighted by Crippen LogP contribution is -2.07. The van der Waals surface area contributed by atoms with Gasteiger partial charge in [0, 0.05) is 27.1 Å². The Morgan fingerprint density at radius 2 is 0.894 bits per heavy atom. The van der Waals surface area contributed by atoms with Gasteiger partial charge in [-0.25, -0.2) is 0 Å². The molecule has 8 rings (SSSR count). The molecule has 0 fully saturated rings. The lowest BCUT2D eigenvalue weighted by Gasteiger charge is -2.21. The number of fused-ring (bicyclic) bond motifs is 6. The Morgan fingerprint density at radius 1 is 0.447 bits per heavy atom. The molecule has 0 spiro atoms. The first-order valence-corrected chi connectivity index (χ1v) is 15.9. The van der Waals surface area contributed by atoms with Crippen LogP contribution < -0.4 is 0 Å². The van der Waals surface area contributed by atoms with Gasteiger partial charge in [-0.3, -0.25) is 0 Å². The summed E-state index contributed by atoms with van der Waals surface area (Å²) in [5.41, 5.74) is 14.9. The van der Waals surface area contributed by atoms with Crippen LogP contribution in [0.25, 0.3) is 66.1 Å². The van der Waals surface area contributed by atoms with E-state index in [2.05, 4.69) is 134 Å². The molecule has 0 saturated heterocycles. The second kappa shape index (κ2) is 10.5. The molecule has 8 aromatic rings. The van der Waals surface area contributed by atoms with E-state index in [9.17, 15) is 10.5 Å². The average Bonchev–Trinajstić information content (AvgIpc) is 3.60. The van der Waals surface area contributed by atoms with Gasteiger partial charge in [-0.05, 0) is 110 Å². The number of aromatic nitrogens is 2.